The first-order valence-corrected chi connectivity index (χ1v) is 9.21. The lowest BCUT2D eigenvalue weighted by molar-refractivity contribution is -0.121. The molecule has 1 unspecified atom stereocenters. The van der Waals surface area contributed by atoms with Gasteiger partial charge < -0.3 is 14.6 Å². The molecule has 2 aromatic carbocycles. The van der Waals surface area contributed by atoms with Crippen LogP contribution in [0.15, 0.2) is 48.7 Å². The molecule has 0 aliphatic rings. The third-order valence-corrected chi connectivity index (χ3v) is 4.90. The zero-order valence-electron chi connectivity index (χ0n) is 15.3. The van der Waals surface area contributed by atoms with Gasteiger partial charge in [-0.1, -0.05) is 11.6 Å². The minimum atomic E-state index is -0.353. The molecular formula is C21H22ClFN2O2. The van der Waals surface area contributed by atoms with Crippen LogP contribution >= 0.6 is 11.6 Å². The van der Waals surface area contributed by atoms with Crippen LogP contribution in [-0.4, -0.2) is 17.6 Å². The highest BCUT2D eigenvalue weighted by Gasteiger charge is 2.12. The highest BCUT2D eigenvalue weighted by molar-refractivity contribution is 6.31. The van der Waals surface area contributed by atoms with Crippen LogP contribution in [-0.2, 0) is 11.3 Å². The monoisotopic (exact) mass is 388 g/mol. The number of methoxy groups -OCH3 is 1. The predicted octanol–water partition coefficient (Wildman–Crippen LogP) is 5.10. The molecule has 1 amide bonds. The third kappa shape index (κ3) is 4.61. The van der Waals surface area contributed by atoms with Crippen LogP contribution in [0.2, 0.25) is 5.02 Å². The van der Waals surface area contributed by atoms with Gasteiger partial charge in [0.15, 0.2) is 0 Å². The summed E-state index contributed by atoms with van der Waals surface area (Å²) in [4.78, 5) is 12.2. The summed E-state index contributed by atoms with van der Waals surface area (Å²) in [5, 5.41) is 4.62. The van der Waals surface area contributed by atoms with Crippen LogP contribution in [0.1, 0.15) is 31.4 Å². The van der Waals surface area contributed by atoms with Crippen LogP contribution in [0, 0.1) is 5.82 Å². The number of hydrogen-bond donors (Lipinski definition) is 1. The number of amides is 1. The summed E-state index contributed by atoms with van der Waals surface area (Å²) in [6.07, 6.45) is 3.09. The Bertz CT molecular complexity index is 955. The molecule has 142 valence electrons. The first kappa shape index (κ1) is 19.2. The molecule has 0 aliphatic carbocycles. The Balaban J connectivity index is 1.56. The molecule has 1 aromatic heterocycles. The van der Waals surface area contributed by atoms with Crippen LogP contribution in [0.4, 0.5) is 4.39 Å². The van der Waals surface area contributed by atoms with Crippen molar-refractivity contribution < 1.29 is 13.9 Å². The molecule has 3 aromatic rings. The number of nitrogens with one attached hydrogen (secondary N) is 1. The number of benzene rings is 2. The van der Waals surface area contributed by atoms with Crippen molar-refractivity contribution in [2.24, 2.45) is 0 Å². The van der Waals surface area contributed by atoms with Gasteiger partial charge in [0.1, 0.15) is 11.6 Å². The van der Waals surface area contributed by atoms with Gasteiger partial charge in [-0.2, -0.15) is 0 Å². The Morgan fingerprint density at radius 2 is 2.07 bits per heavy atom. The van der Waals surface area contributed by atoms with Gasteiger partial charge in [0.25, 0.3) is 0 Å². The number of carbonyl (C=O) groups is 1. The summed E-state index contributed by atoms with van der Waals surface area (Å²) in [6.45, 7) is 2.32. The number of halogens is 2. The van der Waals surface area contributed by atoms with E-state index in [-0.39, 0.29) is 24.3 Å². The molecule has 1 atom stereocenters. The van der Waals surface area contributed by atoms with Crippen molar-refractivity contribution in [1.29, 1.82) is 0 Å². The number of carbonyl (C=O) groups excluding carboxylic acids is 1. The highest BCUT2D eigenvalue weighted by Crippen LogP contribution is 2.25. The Hall–Kier alpha value is -2.53. The Morgan fingerprint density at radius 1 is 1.26 bits per heavy atom. The van der Waals surface area contributed by atoms with E-state index in [1.54, 1.807) is 6.07 Å². The lowest BCUT2D eigenvalue weighted by Gasteiger charge is -2.15. The lowest BCUT2D eigenvalue weighted by atomic mass is 10.1. The molecule has 0 saturated carbocycles. The quantitative estimate of drug-likeness (QED) is 0.611. The Kier molecular flexibility index (Phi) is 6.01. The van der Waals surface area contributed by atoms with E-state index < -0.39 is 0 Å². The second kappa shape index (κ2) is 8.44. The van der Waals surface area contributed by atoms with Gasteiger partial charge >= 0.3 is 0 Å². The van der Waals surface area contributed by atoms with E-state index in [1.807, 2.05) is 30.5 Å². The number of rotatable bonds is 7. The molecule has 0 bridgehead atoms. The smallest absolute Gasteiger partial charge is 0.220 e. The van der Waals surface area contributed by atoms with Crippen molar-refractivity contribution in [1.82, 2.24) is 9.88 Å². The highest BCUT2D eigenvalue weighted by atomic mass is 35.5. The van der Waals surface area contributed by atoms with Crippen molar-refractivity contribution in [3.05, 3.63) is 65.1 Å². The number of hydrogen-bond acceptors (Lipinski definition) is 2. The first-order valence-electron chi connectivity index (χ1n) is 8.83. The summed E-state index contributed by atoms with van der Waals surface area (Å²) in [7, 11) is 1.52. The zero-order chi connectivity index (χ0) is 19.4. The fraction of sp³-hybridized carbons (Fsp3) is 0.286. The van der Waals surface area contributed by atoms with E-state index in [1.165, 1.54) is 19.2 Å². The van der Waals surface area contributed by atoms with Crippen molar-refractivity contribution in [2.45, 2.75) is 32.4 Å². The SMILES string of the molecule is COc1ccc(F)cc1CNC(=O)CCC(C)n1ccc2cc(Cl)ccc21. The van der Waals surface area contributed by atoms with Crippen LogP contribution in [0.25, 0.3) is 10.9 Å². The number of ether oxygens (including phenoxy) is 1. The average molecular weight is 389 g/mol. The molecule has 0 saturated heterocycles. The van der Waals surface area contributed by atoms with Crippen molar-refractivity contribution >= 4 is 28.4 Å². The van der Waals surface area contributed by atoms with E-state index >= 15 is 0 Å². The number of aromatic nitrogens is 1. The van der Waals surface area contributed by atoms with Crippen molar-refractivity contribution in [3.8, 4) is 5.75 Å². The third-order valence-electron chi connectivity index (χ3n) is 4.66. The van der Waals surface area contributed by atoms with Gasteiger partial charge in [-0.3, -0.25) is 4.79 Å². The number of fused-ring (bicyclic) bond motifs is 1. The molecule has 6 heteroatoms. The maximum Gasteiger partial charge on any atom is 0.220 e. The van der Waals surface area contributed by atoms with Gasteiger partial charge in [0.05, 0.1) is 7.11 Å². The lowest BCUT2D eigenvalue weighted by Crippen LogP contribution is -2.23. The molecule has 1 N–H and O–H groups in total. The Labute approximate surface area is 162 Å². The molecule has 0 fully saturated rings. The van der Waals surface area contributed by atoms with Crippen LogP contribution in [0.3, 0.4) is 0 Å². The van der Waals surface area contributed by atoms with Crippen molar-refractivity contribution in [3.63, 3.8) is 0 Å². The molecular weight excluding hydrogens is 367 g/mol. The van der Waals surface area contributed by atoms with Crippen molar-refractivity contribution in [2.75, 3.05) is 7.11 Å². The van der Waals surface area contributed by atoms with E-state index in [9.17, 15) is 9.18 Å². The number of nitrogens with zero attached hydrogens (tertiary/aromatic N) is 1. The van der Waals surface area contributed by atoms with E-state index in [4.69, 9.17) is 16.3 Å². The first-order chi connectivity index (χ1) is 13.0. The fourth-order valence-corrected chi connectivity index (χ4v) is 3.35. The maximum absolute atomic E-state index is 13.4. The predicted molar refractivity (Wildman–Crippen MR) is 106 cm³/mol. The van der Waals surface area contributed by atoms with Gasteiger partial charge in [0, 0.05) is 46.7 Å². The summed E-state index contributed by atoms with van der Waals surface area (Å²) in [5.41, 5.74) is 1.71. The molecule has 0 spiro atoms. The summed E-state index contributed by atoms with van der Waals surface area (Å²) < 4.78 is 20.7. The molecule has 0 aliphatic heterocycles. The summed E-state index contributed by atoms with van der Waals surface area (Å²) >= 11 is 6.03. The van der Waals surface area contributed by atoms with E-state index in [2.05, 4.69) is 16.8 Å². The molecule has 4 nitrogen and oxygen atoms in total. The largest absolute Gasteiger partial charge is 0.496 e. The van der Waals surface area contributed by atoms with Gasteiger partial charge in [-0.25, -0.2) is 4.39 Å². The summed E-state index contributed by atoms with van der Waals surface area (Å²) in [6, 6.07) is 12.2. The molecule has 27 heavy (non-hydrogen) atoms. The normalized spacial score (nSPS) is 12.1. The fourth-order valence-electron chi connectivity index (χ4n) is 3.17. The maximum atomic E-state index is 13.4. The topological polar surface area (TPSA) is 43.3 Å². The van der Waals surface area contributed by atoms with E-state index in [0.717, 1.165) is 10.9 Å². The minimum Gasteiger partial charge on any atom is -0.496 e. The summed E-state index contributed by atoms with van der Waals surface area (Å²) in [5.74, 6) is 0.128. The van der Waals surface area contributed by atoms with Gasteiger partial charge in [-0.15, -0.1) is 0 Å². The average Bonchev–Trinajstić information content (AvgIpc) is 3.07. The van der Waals surface area contributed by atoms with E-state index in [0.29, 0.717) is 29.2 Å². The standard InChI is InChI=1S/C21H22ClFN2O2/c1-14(25-10-9-15-11-17(22)4-6-19(15)25)3-8-21(26)24-13-16-12-18(23)5-7-20(16)27-2/h4-7,9-12,14H,3,8,13H2,1-2H3,(H,24,26). The molecule has 1 heterocycles. The van der Waals surface area contributed by atoms with Gasteiger partial charge in [0.2, 0.25) is 5.91 Å². The minimum absolute atomic E-state index is 0.0762. The van der Waals surface area contributed by atoms with Crippen LogP contribution in [0.5, 0.6) is 5.75 Å². The molecule has 0 radical (unpaired) electrons. The second-order valence-corrected chi connectivity index (χ2v) is 6.98. The van der Waals surface area contributed by atoms with Crippen LogP contribution < -0.4 is 10.1 Å². The molecule has 3 rings (SSSR count). The zero-order valence-corrected chi connectivity index (χ0v) is 16.1. The van der Waals surface area contributed by atoms with Gasteiger partial charge in [-0.05, 0) is 55.8 Å². The second-order valence-electron chi connectivity index (χ2n) is 6.55. The Morgan fingerprint density at radius 3 is 2.85 bits per heavy atom.